The first-order valence-electron chi connectivity index (χ1n) is 9.06. The first-order chi connectivity index (χ1) is 13.0. The van der Waals surface area contributed by atoms with Gasteiger partial charge in [-0.1, -0.05) is 30.7 Å². The molecule has 146 valence electrons. The van der Waals surface area contributed by atoms with Crippen molar-refractivity contribution >= 4 is 15.9 Å². The molecule has 1 aromatic carbocycles. The summed E-state index contributed by atoms with van der Waals surface area (Å²) in [5, 5.41) is 16.5. The molecule has 1 aliphatic heterocycles. The summed E-state index contributed by atoms with van der Waals surface area (Å²) < 4.78 is 26.8. The van der Waals surface area contributed by atoms with Gasteiger partial charge in [0.1, 0.15) is 0 Å². The molecule has 0 saturated carbocycles. The summed E-state index contributed by atoms with van der Waals surface area (Å²) in [5.41, 5.74) is 0.761. The third-order valence-electron chi connectivity index (χ3n) is 4.65. The number of piperidine rings is 1. The lowest BCUT2D eigenvalue weighted by Crippen LogP contribution is -2.35. The van der Waals surface area contributed by atoms with Gasteiger partial charge in [0.05, 0.1) is 11.3 Å². The molecule has 0 bridgehead atoms. The van der Waals surface area contributed by atoms with E-state index in [1.807, 2.05) is 6.92 Å². The van der Waals surface area contributed by atoms with Gasteiger partial charge in [0, 0.05) is 25.6 Å². The summed E-state index contributed by atoms with van der Waals surface area (Å²) in [6.45, 7) is 3.45. The zero-order chi connectivity index (χ0) is 19.3. The fraction of sp³-hybridized carbons (Fsp3) is 0.529. The standard InChI is InChI=1S/C17H24N6O3S/c1-13(17-19-21-22-20-17)12-18-16(24)11-14-5-7-15(8-6-14)27(25,26)23-9-3-2-4-10-23/h5-8,13H,2-4,9-12H2,1H3,(H,18,24)(H,19,20,21,22)/t13-/m0/s1. The highest BCUT2D eigenvalue weighted by Crippen LogP contribution is 2.21. The van der Waals surface area contributed by atoms with E-state index in [9.17, 15) is 13.2 Å². The van der Waals surface area contributed by atoms with Crippen LogP contribution in [0.15, 0.2) is 29.2 Å². The van der Waals surface area contributed by atoms with Crippen molar-refractivity contribution in [2.75, 3.05) is 19.6 Å². The molecule has 1 aliphatic rings. The number of aromatic nitrogens is 4. The number of H-pyrrole nitrogens is 1. The van der Waals surface area contributed by atoms with Crippen LogP contribution < -0.4 is 5.32 Å². The Morgan fingerprint density at radius 3 is 2.56 bits per heavy atom. The average molecular weight is 392 g/mol. The number of carbonyl (C=O) groups excluding carboxylic acids is 1. The molecule has 1 amide bonds. The molecule has 2 aromatic rings. The number of carbonyl (C=O) groups is 1. The Bertz CT molecular complexity index is 845. The molecule has 0 aliphatic carbocycles. The molecule has 1 aromatic heterocycles. The number of sulfonamides is 1. The number of tetrazole rings is 1. The van der Waals surface area contributed by atoms with Gasteiger partial charge in [-0.15, -0.1) is 10.2 Å². The number of hydrogen-bond acceptors (Lipinski definition) is 6. The minimum Gasteiger partial charge on any atom is -0.355 e. The largest absolute Gasteiger partial charge is 0.355 e. The zero-order valence-corrected chi connectivity index (χ0v) is 16.1. The van der Waals surface area contributed by atoms with Crippen LogP contribution in [0.5, 0.6) is 0 Å². The van der Waals surface area contributed by atoms with E-state index in [-0.39, 0.29) is 23.1 Å². The third-order valence-corrected chi connectivity index (χ3v) is 6.56. The number of hydrogen-bond donors (Lipinski definition) is 2. The van der Waals surface area contributed by atoms with E-state index in [4.69, 9.17) is 0 Å². The number of aromatic amines is 1. The lowest BCUT2D eigenvalue weighted by Gasteiger charge is -2.25. The van der Waals surface area contributed by atoms with Crippen LogP contribution in [0.1, 0.15) is 43.5 Å². The fourth-order valence-electron chi connectivity index (χ4n) is 3.02. The normalized spacial score (nSPS) is 16.8. The molecule has 1 atom stereocenters. The molecule has 2 N–H and O–H groups in total. The average Bonchev–Trinajstić information content (AvgIpc) is 3.22. The molecule has 0 unspecified atom stereocenters. The molecular weight excluding hydrogens is 368 g/mol. The molecular formula is C17H24N6O3S. The van der Waals surface area contributed by atoms with Gasteiger partial charge in [0.15, 0.2) is 5.82 Å². The first-order valence-corrected chi connectivity index (χ1v) is 10.5. The van der Waals surface area contributed by atoms with E-state index in [2.05, 4.69) is 25.9 Å². The number of nitrogens with zero attached hydrogens (tertiary/aromatic N) is 4. The van der Waals surface area contributed by atoms with Crippen molar-refractivity contribution in [1.29, 1.82) is 0 Å². The molecule has 9 nitrogen and oxygen atoms in total. The van der Waals surface area contributed by atoms with E-state index in [1.54, 1.807) is 24.3 Å². The highest BCUT2D eigenvalue weighted by Gasteiger charge is 2.25. The maximum Gasteiger partial charge on any atom is 0.243 e. The predicted molar refractivity (Wildman–Crippen MR) is 98.4 cm³/mol. The fourth-order valence-corrected chi connectivity index (χ4v) is 4.54. The van der Waals surface area contributed by atoms with Crippen molar-refractivity contribution in [2.45, 2.75) is 43.4 Å². The summed E-state index contributed by atoms with van der Waals surface area (Å²) in [5.74, 6) is 0.351. The van der Waals surface area contributed by atoms with Crippen molar-refractivity contribution in [3.63, 3.8) is 0 Å². The number of rotatable bonds is 7. The van der Waals surface area contributed by atoms with Crippen LogP contribution >= 0.6 is 0 Å². The minimum absolute atomic E-state index is 0.0511. The van der Waals surface area contributed by atoms with Gasteiger partial charge < -0.3 is 5.32 Å². The Hall–Kier alpha value is -2.33. The Labute approximate surface area is 158 Å². The third kappa shape index (κ3) is 4.89. The van der Waals surface area contributed by atoms with Crippen LogP contribution in [-0.4, -0.2) is 58.9 Å². The highest BCUT2D eigenvalue weighted by atomic mass is 32.2. The van der Waals surface area contributed by atoms with Crippen molar-refractivity contribution < 1.29 is 13.2 Å². The smallest absolute Gasteiger partial charge is 0.243 e. The van der Waals surface area contributed by atoms with Crippen LogP contribution in [0.3, 0.4) is 0 Å². The summed E-state index contributed by atoms with van der Waals surface area (Å²) in [6, 6.07) is 6.54. The van der Waals surface area contributed by atoms with E-state index in [0.717, 1.165) is 24.8 Å². The quantitative estimate of drug-likeness (QED) is 0.720. The second-order valence-corrected chi connectivity index (χ2v) is 8.70. The summed E-state index contributed by atoms with van der Waals surface area (Å²) in [6.07, 6.45) is 3.06. The Balaban J connectivity index is 1.54. The van der Waals surface area contributed by atoms with E-state index in [0.29, 0.717) is 25.5 Å². The van der Waals surface area contributed by atoms with E-state index in [1.165, 1.54) is 4.31 Å². The number of benzene rings is 1. The van der Waals surface area contributed by atoms with Crippen LogP contribution in [-0.2, 0) is 21.2 Å². The van der Waals surface area contributed by atoms with Gasteiger partial charge in [-0.05, 0) is 30.5 Å². The lowest BCUT2D eigenvalue weighted by molar-refractivity contribution is -0.120. The van der Waals surface area contributed by atoms with Gasteiger partial charge in [-0.25, -0.2) is 8.42 Å². The van der Waals surface area contributed by atoms with E-state index < -0.39 is 10.0 Å². The van der Waals surface area contributed by atoms with Gasteiger partial charge >= 0.3 is 0 Å². The van der Waals surface area contributed by atoms with Crippen LogP contribution in [0, 0.1) is 0 Å². The molecule has 1 fully saturated rings. The second kappa shape index (κ2) is 8.57. The van der Waals surface area contributed by atoms with Gasteiger partial charge in [-0.3, -0.25) is 4.79 Å². The topological polar surface area (TPSA) is 121 Å². The van der Waals surface area contributed by atoms with Crippen LogP contribution in [0.2, 0.25) is 0 Å². The molecule has 10 heteroatoms. The van der Waals surface area contributed by atoms with Crippen LogP contribution in [0.25, 0.3) is 0 Å². The van der Waals surface area contributed by atoms with Crippen molar-refractivity contribution in [1.82, 2.24) is 30.2 Å². The van der Waals surface area contributed by atoms with Gasteiger partial charge in [-0.2, -0.15) is 9.52 Å². The first kappa shape index (κ1) is 19.4. The van der Waals surface area contributed by atoms with Crippen molar-refractivity contribution in [3.05, 3.63) is 35.7 Å². The molecule has 0 spiro atoms. The molecule has 0 radical (unpaired) electrons. The zero-order valence-electron chi connectivity index (χ0n) is 15.3. The van der Waals surface area contributed by atoms with Crippen molar-refractivity contribution in [2.24, 2.45) is 0 Å². The SMILES string of the molecule is C[C@@H](CNC(=O)Cc1ccc(S(=O)(=O)N2CCCCC2)cc1)c1nn[nH]n1. The monoisotopic (exact) mass is 392 g/mol. The number of amides is 1. The molecule has 2 heterocycles. The highest BCUT2D eigenvalue weighted by molar-refractivity contribution is 7.89. The number of nitrogens with one attached hydrogen (secondary N) is 2. The van der Waals surface area contributed by atoms with Gasteiger partial charge in [0.2, 0.25) is 15.9 Å². The molecule has 1 saturated heterocycles. The second-order valence-electron chi connectivity index (χ2n) is 6.76. The predicted octanol–water partition coefficient (Wildman–Crippen LogP) is 0.837. The molecule has 3 rings (SSSR count). The van der Waals surface area contributed by atoms with Gasteiger partial charge in [0.25, 0.3) is 0 Å². The van der Waals surface area contributed by atoms with E-state index >= 15 is 0 Å². The Morgan fingerprint density at radius 2 is 1.93 bits per heavy atom. The molecule has 27 heavy (non-hydrogen) atoms. The lowest BCUT2D eigenvalue weighted by atomic mass is 10.1. The van der Waals surface area contributed by atoms with Crippen molar-refractivity contribution in [3.8, 4) is 0 Å². The summed E-state index contributed by atoms with van der Waals surface area (Å²) in [7, 11) is -3.44. The maximum absolute atomic E-state index is 12.6. The maximum atomic E-state index is 12.6. The Kier molecular flexibility index (Phi) is 6.17. The summed E-state index contributed by atoms with van der Waals surface area (Å²) >= 11 is 0. The van der Waals surface area contributed by atoms with Crippen LogP contribution in [0.4, 0.5) is 0 Å². The Morgan fingerprint density at radius 1 is 1.22 bits per heavy atom. The summed E-state index contributed by atoms with van der Waals surface area (Å²) in [4.78, 5) is 12.4. The minimum atomic E-state index is -3.44.